The van der Waals surface area contributed by atoms with Crippen LogP contribution in [0.2, 0.25) is 0 Å². The Hall–Kier alpha value is -1.35. The highest BCUT2D eigenvalue weighted by molar-refractivity contribution is 14.0. The lowest BCUT2D eigenvalue weighted by Crippen LogP contribution is -2.45. The fourth-order valence-corrected chi connectivity index (χ4v) is 3.56. The number of halogens is 1. The molecule has 6 nitrogen and oxygen atoms in total. The van der Waals surface area contributed by atoms with Gasteiger partial charge in [0.1, 0.15) is 0 Å². The molecule has 1 amide bonds. The van der Waals surface area contributed by atoms with Gasteiger partial charge in [-0.15, -0.1) is 24.0 Å². The first-order valence-corrected chi connectivity index (χ1v) is 10.5. The summed E-state index contributed by atoms with van der Waals surface area (Å²) in [4.78, 5) is 20.9. The zero-order chi connectivity index (χ0) is 20.5. The van der Waals surface area contributed by atoms with E-state index in [2.05, 4.69) is 58.6 Å². The number of nitrogens with one attached hydrogen (secondary N) is 2. The van der Waals surface area contributed by atoms with Crippen LogP contribution in [-0.4, -0.2) is 60.9 Å². The number of likely N-dealkylation sites (tertiary alicyclic amines) is 1. The molecule has 0 spiro atoms. The molecule has 1 aromatic carbocycles. The average Bonchev–Trinajstić information content (AvgIpc) is 3.17. The van der Waals surface area contributed by atoms with Crippen LogP contribution >= 0.6 is 24.0 Å². The van der Waals surface area contributed by atoms with Gasteiger partial charge in [-0.05, 0) is 30.6 Å². The Labute approximate surface area is 193 Å². The van der Waals surface area contributed by atoms with Crippen LogP contribution in [0.4, 0.5) is 0 Å². The van der Waals surface area contributed by atoms with Gasteiger partial charge in [0.25, 0.3) is 0 Å². The molecule has 0 bridgehead atoms. The number of carbonyl (C=O) groups is 1. The molecule has 0 aliphatic carbocycles. The van der Waals surface area contributed by atoms with Crippen LogP contribution in [0.25, 0.3) is 0 Å². The van der Waals surface area contributed by atoms with Gasteiger partial charge in [0, 0.05) is 45.2 Å². The van der Waals surface area contributed by atoms with E-state index in [1.54, 1.807) is 7.05 Å². The zero-order valence-electron chi connectivity index (χ0n) is 18.6. The van der Waals surface area contributed by atoms with Crippen molar-refractivity contribution in [3.63, 3.8) is 0 Å². The first-order chi connectivity index (χ1) is 13.5. The number of nitrogens with zero attached hydrogens (tertiary/aromatic N) is 3. The minimum atomic E-state index is 0. The van der Waals surface area contributed by atoms with E-state index in [4.69, 9.17) is 0 Å². The summed E-state index contributed by atoms with van der Waals surface area (Å²) in [6, 6.07) is 8.97. The normalized spacial score (nSPS) is 16.9. The quantitative estimate of drug-likeness (QED) is 0.318. The molecule has 0 saturated carbocycles. The fraction of sp³-hybridized carbons (Fsp3) is 0.636. The summed E-state index contributed by atoms with van der Waals surface area (Å²) in [6.07, 6.45) is 0.957. The van der Waals surface area contributed by atoms with Crippen LogP contribution in [0.3, 0.4) is 0 Å². The van der Waals surface area contributed by atoms with Crippen LogP contribution in [0.1, 0.15) is 45.2 Å². The molecule has 1 fully saturated rings. The Kier molecular flexibility index (Phi) is 11.6. The smallest absolute Gasteiger partial charge is 0.225 e. The Bertz CT molecular complexity index is 660. The van der Waals surface area contributed by atoms with Crippen LogP contribution in [0, 0.1) is 5.92 Å². The number of hydrogen-bond acceptors (Lipinski definition) is 3. The second kappa shape index (κ2) is 13.1. The molecule has 1 heterocycles. The van der Waals surface area contributed by atoms with Crippen molar-refractivity contribution in [2.24, 2.45) is 10.9 Å². The first kappa shape index (κ1) is 25.7. The second-order valence-corrected chi connectivity index (χ2v) is 7.78. The van der Waals surface area contributed by atoms with E-state index in [0.717, 1.165) is 51.6 Å². The maximum absolute atomic E-state index is 12.2. The summed E-state index contributed by atoms with van der Waals surface area (Å²) in [5.41, 5.74) is 2.58. The fourth-order valence-electron chi connectivity index (χ4n) is 3.56. The van der Waals surface area contributed by atoms with Crippen molar-refractivity contribution in [3.05, 3.63) is 35.4 Å². The van der Waals surface area contributed by atoms with Gasteiger partial charge >= 0.3 is 0 Å². The molecule has 2 rings (SSSR count). The van der Waals surface area contributed by atoms with E-state index in [-0.39, 0.29) is 41.8 Å². The van der Waals surface area contributed by atoms with Gasteiger partial charge in [0.2, 0.25) is 5.91 Å². The first-order valence-electron chi connectivity index (χ1n) is 10.5. The number of aliphatic imine (C=N–C) groups is 1. The predicted molar refractivity (Wildman–Crippen MR) is 132 cm³/mol. The zero-order valence-corrected chi connectivity index (χ0v) is 20.9. The third kappa shape index (κ3) is 8.12. The van der Waals surface area contributed by atoms with Crippen molar-refractivity contribution in [1.29, 1.82) is 0 Å². The minimum Gasteiger partial charge on any atom is -0.352 e. The number of carbonyl (C=O) groups excluding carboxylic acids is 1. The van der Waals surface area contributed by atoms with Gasteiger partial charge in [0.05, 0.1) is 0 Å². The summed E-state index contributed by atoms with van der Waals surface area (Å²) in [7, 11) is 1.79. The molecule has 29 heavy (non-hydrogen) atoms. The van der Waals surface area contributed by atoms with E-state index < -0.39 is 0 Å². The lowest BCUT2D eigenvalue weighted by molar-refractivity contribution is -0.133. The Balaban J connectivity index is 0.00000420. The Morgan fingerprint density at radius 1 is 1.28 bits per heavy atom. The highest BCUT2D eigenvalue weighted by Crippen LogP contribution is 2.13. The molecule has 2 N–H and O–H groups in total. The van der Waals surface area contributed by atoms with Crippen molar-refractivity contribution in [1.82, 2.24) is 20.4 Å². The van der Waals surface area contributed by atoms with Crippen molar-refractivity contribution in [3.8, 4) is 0 Å². The van der Waals surface area contributed by atoms with E-state index in [9.17, 15) is 4.79 Å². The molecule has 1 aliphatic heterocycles. The second-order valence-electron chi connectivity index (χ2n) is 7.78. The van der Waals surface area contributed by atoms with Crippen LogP contribution in [0.15, 0.2) is 29.3 Å². The molecule has 1 unspecified atom stereocenters. The van der Waals surface area contributed by atoms with E-state index >= 15 is 0 Å². The van der Waals surface area contributed by atoms with Crippen LogP contribution in [0.5, 0.6) is 0 Å². The number of guanidine groups is 1. The van der Waals surface area contributed by atoms with Crippen LogP contribution < -0.4 is 10.6 Å². The molecule has 1 atom stereocenters. The highest BCUT2D eigenvalue weighted by atomic mass is 127. The third-order valence-corrected chi connectivity index (χ3v) is 5.31. The highest BCUT2D eigenvalue weighted by Gasteiger charge is 2.27. The molecule has 1 aliphatic rings. The molecule has 7 heteroatoms. The van der Waals surface area contributed by atoms with Gasteiger partial charge < -0.3 is 15.5 Å². The molecular formula is C22H38IN5O. The van der Waals surface area contributed by atoms with Gasteiger partial charge in [-0.1, -0.05) is 52.0 Å². The lowest BCUT2D eigenvalue weighted by atomic mass is 10.1. The number of amides is 1. The Morgan fingerprint density at radius 2 is 1.97 bits per heavy atom. The summed E-state index contributed by atoms with van der Waals surface area (Å²) in [5, 5.41) is 6.87. The summed E-state index contributed by atoms with van der Waals surface area (Å²) >= 11 is 0. The number of rotatable bonds is 8. The topological polar surface area (TPSA) is 60.0 Å². The number of benzene rings is 1. The van der Waals surface area contributed by atoms with E-state index in [1.165, 1.54) is 11.1 Å². The summed E-state index contributed by atoms with van der Waals surface area (Å²) in [5.74, 6) is 1.08. The maximum Gasteiger partial charge on any atom is 0.225 e. The Morgan fingerprint density at radius 3 is 2.59 bits per heavy atom. The molecule has 1 aromatic rings. The van der Waals surface area contributed by atoms with E-state index in [1.807, 2.05) is 18.7 Å². The van der Waals surface area contributed by atoms with Gasteiger partial charge in [-0.25, -0.2) is 0 Å². The summed E-state index contributed by atoms with van der Waals surface area (Å²) in [6.45, 7) is 13.7. The predicted octanol–water partition coefficient (Wildman–Crippen LogP) is 3.07. The SMILES string of the molecule is CCN(CC)Cc1cccc(CNC(=NC)NC2CCN(C(=O)C(C)C)C2)c1.I. The minimum absolute atomic E-state index is 0. The van der Waals surface area contributed by atoms with Gasteiger partial charge in [-0.2, -0.15) is 0 Å². The van der Waals surface area contributed by atoms with Crippen molar-refractivity contribution in [2.75, 3.05) is 33.2 Å². The standard InChI is InChI=1S/C22H37N5O.HI/c1-6-26(7-2)15-19-10-8-9-18(13-19)14-24-22(23-5)25-20-11-12-27(16-20)21(28)17(3)4;/h8-10,13,17,20H,6-7,11-12,14-16H2,1-5H3,(H2,23,24,25);1H. The van der Waals surface area contributed by atoms with Gasteiger partial charge in [-0.3, -0.25) is 14.7 Å². The maximum atomic E-state index is 12.2. The van der Waals surface area contributed by atoms with Gasteiger partial charge in [0.15, 0.2) is 5.96 Å². The monoisotopic (exact) mass is 515 g/mol. The largest absolute Gasteiger partial charge is 0.352 e. The lowest BCUT2D eigenvalue weighted by Gasteiger charge is -2.21. The molecule has 1 saturated heterocycles. The third-order valence-electron chi connectivity index (χ3n) is 5.31. The summed E-state index contributed by atoms with van der Waals surface area (Å²) < 4.78 is 0. The molecule has 164 valence electrons. The number of hydrogen-bond donors (Lipinski definition) is 2. The van der Waals surface area contributed by atoms with Crippen molar-refractivity contribution in [2.45, 2.75) is 53.2 Å². The average molecular weight is 515 g/mol. The van der Waals surface area contributed by atoms with E-state index in [0.29, 0.717) is 0 Å². The van der Waals surface area contributed by atoms with Crippen molar-refractivity contribution >= 4 is 35.8 Å². The van der Waals surface area contributed by atoms with Crippen molar-refractivity contribution < 1.29 is 4.79 Å². The van der Waals surface area contributed by atoms with Crippen LogP contribution in [-0.2, 0) is 17.9 Å². The molecular weight excluding hydrogens is 477 g/mol. The molecule has 0 radical (unpaired) electrons. The molecule has 0 aromatic heterocycles.